The van der Waals surface area contributed by atoms with E-state index in [1.54, 1.807) is 4.90 Å². The molecule has 6 nitrogen and oxygen atoms in total. The second-order valence-electron chi connectivity index (χ2n) is 4.99. The average molecular weight is 278 g/mol. The molecule has 1 aliphatic heterocycles. The minimum absolute atomic E-state index is 0.00240. The molecule has 1 aliphatic rings. The van der Waals surface area contributed by atoms with E-state index in [1.165, 1.54) is 25.1 Å². The van der Waals surface area contributed by atoms with Crippen LogP contribution in [0.5, 0.6) is 11.5 Å². The molecule has 108 valence electrons. The van der Waals surface area contributed by atoms with E-state index in [2.05, 4.69) is 5.32 Å². The van der Waals surface area contributed by atoms with Crippen LogP contribution in [0.4, 0.5) is 0 Å². The van der Waals surface area contributed by atoms with E-state index in [4.69, 9.17) is 0 Å². The lowest BCUT2D eigenvalue weighted by Gasteiger charge is -2.31. The smallest absolute Gasteiger partial charge is 0.251 e. The third kappa shape index (κ3) is 3.40. The lowest BCUT2D eigenvalue weighted by Crippen LogP contribution is -2.45. The molecule has 1 saturated heterocycles. The molecule has 2 rings (SSSR count). The Kier molecular flexibility index (Phi) is 4.12. The number of piperidine rings is 1. The molecule has 3 N–H and O–H groups in total. The molecule has 0 atom stereocenters. The summed E-state index contributed by atoms with van der Waals surface area (Å²) in [7, 11) is 0. The highest BCUT2D eigenvalue weighted by Gasteiger charge is 2.22. The van der Waals surface area contributed by atoms with E-state index in [0.717, 1.165) is 0 Å². The van der Waals surface area contributed by atoms with E-state index in [9.17, 15) is 19.8 Å². The molecule has 1 aromatic carbocycles. The van der Waals surface area contributed by atoms with Crippen LogP contribution in [-0.2, 0) is 4.79 Å². The maximum absolute atomic E-state index is 12.0. The summed E-state index contributed by atoms with van der Waals surface area (Å²) in [5.74, 6) is -0.590. The third-order valence-electron chi connectivity index (χ3n) is 3.44. The number of aromatic hydroxyl groups is 2. The second kappa shape index (κ2) is 5.81. The molecule has 6 heteroatoms. The largest absolute Gasteiger partial charge is 0.508 e. The average Bonchev–Trinajstić information content (AvgIpc) is 2.38. The Morgan fingerprint density at radius 2 is 1.70 bits per heavy atom. The van der Waals surface area contributed by atoms with Gasteiger partial charge < -0.3 is 20.4 Å². The van der Waals surface area contributed by atoms with Crippen LogP contribution in [0.3, 0.4) is 0 Å². The van der Waals surface area contributed by atoms with E-state index in [0.29, 0.717) is 25.9 Å². The number of rotatable bonds is 2. The van der Waals surface area contributed by atoms with E-state index < -0.39 is 0 Å². The van der Waals surface area contributed by atoms with Crippen LogP contribution in [0.15, 0.2) is 18.2 Å². The fourth-order valence-electron chi connectivity index (χ4n) is 2.33. The van der Waals surface area contributed by atoms with Crippen molar-refractivity contribution < 1.29 is 19.8 Å². The van der Waals surface area contributed by atoms with Gasteiger partial charge in [-0.2, -0.15) is 0 Å². The zero-order valence-electron chi connectivity index (χ0n) is 11.3. The summed E-state index contributed by atoms with van der Waals surface area (Å²) in [5.41, 5.74) is 0.219. The highest BCUT2D eigenvalue weighted by Crippen LogP contribution is 2.20. The first-order valence-electron chi connectivity index (χ1n) is 6.55. The molecule has 0 aliphatic carbocycles. The van der Waals surface area contributed by atoms with Gasteiger partial charge in [0.15, 0.2) is 0 Å². The molecule has 2 amide bonds. The number of carbonyl (C=O) groups is 2. The summed E-state index contributed by atoms with van der Waals surface area (Å²) in [4.78, 5) is 25.0. The summed E-state index contributed by atoms with van der Waals surface area (Å²) in [6.07, 6.45) is 1.41. The van der Waals surface area contributed by atoms with Gasteiger partial charge in [0.05, 0.1) is 0 Å². The summed E-state index contributed by atoms with van der Waals surface area (Å²) >= 11 is 0. The van der Waals surface area contributed by atoms with Gasteiger partial charge in [0.2, 0.25) is 5.91 Å². The van der Waals surface area contributed by atoms with E-state index in [-0.39, 0.29) is 34.9 Å². The summed E-state index contributed by atoms with van der Waals surface area (Å²) in [6.45, 7) is 2.80. The lowest BCUT2D eigenvalue weighted by molar-refractivity contribution is -0.129. The molecular weight excluding hydrogens is 260 g/mol. The Bertz CT molecular complexity index is 502. The van der Waals surface area contributed by atoms with Crippen LogP contribution in [0.2, 0.25) is 0 Å². The fraction of sp³-hybridized carbons (Fsp3) is 0.429. The van der Waals surface area contributed by atoms with Crippen molar-refractivity contribution in [3.63, 3.8) is 0 Å². The minimum Gasteiger partial charge on any atom is -0.508 e. The zero-order chi connectivity index (χ0) is 14.7. The first-order valence-corrected chi connectivity index (χ1v) is 6.55. The molecule has 1 aromatic rings. The van der Waals surface area contributed by atoms with Crippen LogP contribution in [0, 0.1) is 0 Å². The topological polar surface area (TPSA) is 89.9 Å². The number of benzene rings is 1. The fourth-order valence-corrected chi connectivity index (χ4v) is 2.33. The molecule has 0 saturated carbocycles. The van der Waals surface area contributed by atoms with Gasteiger partial charge in [-0.1, -0.05) is 0 Å². The van der Waals surface area contributed by atoms with Crippen molar-refractivity contribution in [1.82, 2.24) is 10.2 Å². The molecule has 1 fully saturated rings. The number of carbonyl (C=O) groups excluding carboxylic acids is 2. The lowest BCUT2D eigenvalue weighted by atomic mass is 10.0. The van der Waals surface area contributed by atoms with Crippen molar-refractivity contribution in [3.05, 3.63) is 23.8 Å². The Balaban J connectivity index is 1.94. The molecule has 0 spiro atoms. The van der Waals surface area contributed by atoms with Gasteiger partial charge in [-0.05, 0) is 25.0 Å². The SMILES string of the molecule is CC(=O)N1CCC(NC(=O)c2cc(O)cc(O)c2)CC1. The Labute approximate surface area is 117 Å². The highest BCUT2D eigenvalue weighted by molar-refractivity contribution is 5.95. The monoisotopic (exact) mass is 278 g/mol. The standard InChI is InChI=1S/C14H18N2O4/c1-9(17)16-4-2-11(3-5-16)15-14(20)10-6-12(18)8-13(19)7-10/h6-8,11,18-19H,2-5H2,1H3,(H,15,20). The molecule has 0 unspecified atom stereocenters. The first-order chi connectivity index (χ1) is 9.45. The molecule has 0 aromatic heterocycles. The van der Waals surface area contributed by atoms with Crippen LogP contribution in [-0.4, -0.2) is 46.1 Å². The second-order valence-corrected chi connectivity index (χ2v) is 4.99. The maximum Gasteiger partial charge on any atom is 0.251 e. The third-order valence-corrected chi connectivity index (χ3v) is 3.44. The van der Waals surface area contributed by atoms with Gasteiger partial charge in [0.1, 0.15) is 11.5 Å². The molecule has 20 heavy (non-hydrogen) atoms. The van der Waals surface area contributed by atoms with Gasteiger partial charge in [-0.25, -0.2) is 0 Å². The van der Waals surface area contributed by atoms with Crippen molar-refractivity contribution in [3.8, 4) is 11.5 Å². The molecule has 0 radical (unpaired) electrons. The summed E-state index contributed by atoms with van der Waals surface area (Å²) in [6, 6.07) is 3.78. The number of nitrogens with one attached hydrogen (secondary N) is 1. The number of amides is 2. The van der Waals surface area contributed by atoms with Crippen molar-refractivity contribution >= 4 is 11.8 Å². The summed E-state index contributed by atoms with van der Waals surface area (Å²) in [5, 5.41) is 21.6. The van der Waals surface area contributed by atoms with Gasteiger partial charge >= 0.3 is 0 Å². The van der Waals surface area contributed by atoms with Gasteiger partial charge in [0.25, 0.3) is 5.91 Å². The van der Waals surface area contributed by atoms with Crippen molar-refractivity contribution in [2.75, 3.05) is 13.1 Å². The minimum atomic E-state index is -0.336. The van der Waals surface area contributed by atoms with Crippen LogP contribution < -0.4 is 5.32 Å². The predicted molar refractivity (Wildman–Crippen MR) is 72.5 cm³/mol. The van der Waals surface area contributed by atoms with Crippen molar-refractivity contribution in [2.24, 2.45) is 0 Å². The maximum atomic E-state index is 12.0. The highest BCUT2D eigenvalue weighted by atomic mass is 16.3. The van der Waals surface area contributed by atoms with Crippen LogP contribution >= 0.6 is 0 Å². The predicted octanol–water partition coefficient (Wildman–Crippen LogP) is 0.838. The zero-order valence-corrected chi connectivity index (χ0v) is 11.3. The first kappa shape index (κ1) is 14.2. The van der Waals surface area contributed by atoms with Gasteiger partial charge in [-0.15, -0.1) is 0 Å². The Hall–Kier alpha value is -2.24. The number of hydrogen-bond acceptors (Lipinski definition) is 4. The number of phenols is 2. The molecule has 1 heterocycles. The number of phenolic OH excluding ortho intramolecular Hbond substituents is 2. The van der Waals surface area contributed by atoms with Gasteiger partial charge in [-0.3, -0.25) is 9.59 Å². The normalized spacial score (nSPS) is 15.9. The van der Waals surface area contributed by atoms with Crippen LogP contribution in [0.25, 0.3) is 0 Å². The Morgan fingerprint density at radius 1 is 1.15 bits per heavy atom. The number of hydrogen-bond donors (Lipinski definition) is 3. The van der Waals surface area contributed by atoms with Gasteiger partial charge in [0, 0.05) is 37.7 Å². The number of likely N-dealkylation sites (tertiary alicyclic amines) is 1. The van der Waals surface area contributed by atoms with Crippen molar-refractivity contribution in [2.45, 2.75) is 25.8 Å². The number of nitrogens with zero attached hydrogens (tertiary/aromatic N) is 1. The molecule has 0 bridgehead atoms. The van der Waals surface area contributed by atoms with E-state index >= 15 is 0 Å². The summed E-state index contributed by atoms with van der Waals surface area (Å²) < 4.78 is 0. The van der Waals surface area contributed by atoms with E-state index in [1.807, 2.05) is 0 Å². The van der Waals surface area contributed by atoms with Crippen molar-refractivity contribution in [1.29, 1.82) is 0 Å². The molecular formula is C14H18N2O4. The van der Waals surface area contributed by atoms with Crippen LogP contribution in [0.1, 0.15) is 30.1 Å². The Morgan fingerprint density at radius 3 is 2.20 bits per heavy atom. The quantitative estimate of drug-likeness (QED) is 0.747.